The van der Waals surface area contributed by atoms with E-state index in [1.165, 1.54) is 0 Å². The molecule has 1 aliphatic heterocycles. The minimum atomic E-state index is -2.16. The molecule has 0 radical (unpaired) electrons. The highest BCUT2D eigenvalue weighted by Crippen LogP contribution is 2.32. The Bertz CT molecular complexity index is 473. The van der Waals surface area contributed by atoms with E-state index in [2.05, 4.69) is 21.7 Å². The molecule has 1 unspecified atom stereocenters. The van der Waals surface area contributed by atoms with Crippen molar-refractivity contribution in [1.82, 2.24) is 0 Å². The summed E-state index contributed by atoms with van der Waals surface area (Å²) in [7, 11) is 0. The monoisotopic (exact) mass is 310 g/mol. The molecule has 0 bridgehead atoms. The first-order valence-electron chi connectivity index (χ1n) is 4.81. The molecule has 5 nitrogen and oxygen atoms in total. The van der Waals surface area contributed by atoms with Gasteiger partial charge in [-0.05, 0) is 12.1 Å². The number of hydrogen-bond donors (Lipinski definition) is 2. The maximum Gasteiger partial charge on any atom is 0.406 e. The van der Waals surface area contributed by atoms with Gasteiger partial charge in [-0.25, -0.2) is 0 Å². The van der Waals surface area contributed by atoms with E-state index in [0.717, 1.165) is 0 Å². The van der Waals surface area contributed by atoms with E-state index in [0.29, 0.717) is 5.02 Å². The van der Waals surface area contributed by atoms with E-state index < -0.39 is 12.1 Å². The Balaban J connectivity index is 1.95. The molecule has 8 heteroatoms. The molecule has 1 aromatic rings. The number of ether oxygens (including phenoxy) is 3. The summed E-state index contributed by atoms with van der Waals surface area (Å²) in [4.78, 5) is 0. The third kappa shape index (κ3) is 2.62. The van der Waals surface area contributed by atoms with Gasteiger partial charge in [-0.15, -0.1) is 0 Å². The van der Waals surface area contributed by atoms with Gasteiger partial charge >= 0.3 is 11.2 Å². The second-order valence-corrected chi connectivity index (χ2v) is 4.58. The van der Waals surface area contributed by atoms with Crippen molar-refractivity contribution in [2.24, 2.45) is 0 Å². The fourth-order valence-corrected chi connectivity index (χ4v) is 1.84. The zero-order valence-corrected chi connectivity index (χ0v) is 11.1. The molecule has 2 rings (SSSR count). The van der Waals surface area contributed by atoms with Crippen LogP contribution in [0.1, 0.15) is 0 Å². The Labute approximate surface area is 118 Å². The van der Waals surface area contributed by atoms with E-state index in [1.54, 1.807) is 18.2 Å². The summed E-state index contributed by atoms with van der Waals surface area (Å²) < 4.78 is 14.4. The van der Waals surface area contributed by atoms with Crippen LogP contribution in [0.2, 0.25) is 10.0 Å². The average molecular weight is 311 g/mol. The lowest BCUT2D eigenvalue weighted by Gasteiger charge is -2.39. The molecular weight excluding hydrogens is 303 g/mol. The van der Waals surface area contributed by atoms with E-state index in [1.807, 2.05) is 0 Å². The van der Waals surface area contributed by atoms with Crippen molar-refractivity contribution in [1.29, 1.82) is 0 Å². The zero-order valence-electron chi connectivity index (χ0n) is 8.80. The van der Waals surface area contributed by atoms with Crippen molar-refractivity contribution < 1.29 is 24.4 Å². The van der Waals surface area contributed by atoms with E-state index in [9.17, 15) is 10.2 Å². The van der Waals surface area contributed by atoms with Gasteiger partial charge in [-0.1, -0.05) is 29.3 Å². The van der Waals surface area contributed by atoms with Crippen molar-refractivity contribution in [3.8, 4) is 5.75 Å². The Morgan fingerprint density at radius 3 is 2.67 bits per heavy atom. The fourth-order valence-electron chi connectivity index (χ4n) is 1.25. The fraction of sp³-hybridized carbons (Fsp3) is 0.300. The number of aliphatic hydroxyl groups is 2. The van der Waals surface area contributed by atoms with Gasteiger partial charge in [0.15, 0.2) is 6.10 Å². The standard InChI is InChI=1S/C10H8Cl2O5S/c11-5-2-1-3-6(8(5)12)15-4-7(13)10(14)16-9(18)17-10/h1-3,7,13-14H,4H2. The summed E-state index contributed by atoms with van der Waals surface area (Å²) in [5.74, 6) is -1.89. The summed E-state index contributed by atoms with van der Waals surface area (Å²) in [5, 5.41) is 19.4. The lowest BCUT2D eigenvalue weighted by molar-refractivity contribution is -0.402. The summed E-state index contributed by atoms with van der Waals surface area (Å²) in [6, 6.07) is 4.80. The molecule has 0 aliphatic carbocycles. The molecule has 98 valence electrons. The molecule has 1 atom stereocenters. The number of hydrogen-bond acceptors (Lipinski definition) is 6. The van der Waals surface area contributed by atoms with Gasteiger partial charge in [-0.2, -0.15) is 0 Å². The Morgan fingerprint density at radius 2 is 2.06 bits per heavy atom. The third-order valence-electron chi connectivity index (χ3n) is 2.19. The van der Waals surface area contributed by atoms with Crippen LogP contribution in [0.25, 0.3) is 0 Å². The predicted octanol–water partition coefficient (Wildman–Crippen LogP) is 1.71. The Hall–Kier alpha value is -0.790. The molecule has 0 spiro atoms. The van der Waals surface area contributed by atoms with Crippen LogP contribution >= 0.6 is 35.4 Å². The van der Waals surface area contributed by atoms with Gasteiger partial charge in [0, 0.05) is 12.2 Å². The van der Waals surface area contributed by atoms with E-state index in [4.69, 9.17) is 27.9 Å². The summed E-state index contributed by atoms with van der Waals surface area (Å²) >= 11 is 16.1. The van der Waals surface area contributed by atoms with Crippen LogP contribution in [0.3, 0.4) is 0 Å². The predicted molar refractivity (Wildman–Crippen MR) is 67.7 cm³/mol. The number of benzene rings is 1. The number of thiocarbonyl (C=S) groups is 1. The quantitative estimate of drug-likeness (QED) is 0.825. The molecule has 1 fully saturated rings. The first kappa shape index (κ1) is 13.6. The van der Waals surface area contributed by atoms with Gasteiger partial charge in [0.2, 0.25) is 0 Å². The smallest absolute Gasteiger partial charge is 0.406 e. The van der Waals surface area contributed by atoms with Crippen LogP contribution in [0.5, 0.6) is 5.75 Å². The van der Waals surface area contributed by atoms with Gasteiger partial charge < -0.3 is 24.4 Å². The minimum Gasteiger partial charge on any atom is -0.489 e. The molecular formula is C10H8Cl2O5S. The normalized spacial score (nSPS) is 18.3. The molecule has 1 aromatic carbocycles. The molecule has 1 heterocycles. The lowest BCUT2D eigenvalue weighted by atomic mass is 10.3. The molecule has 2 N–H and O–H groups in total. The van der Waals surface area contributed by atoms with Crippen molar-refractivity contribution >= 4 is 40.7 Å². The molecule has 0 aromatic heterocycles. The summed E-state index contributed by atoms with van der Waals surface area (Å²) in [6.07, 6.45) is -1.45. The van der Waals surface area contributed by atoms with Crippen LogP contribution in [-0.4, -0.2) is 34.1 Å². The van der Waals surface area contributed by atoms with Gasteiger partial charge in [0.05, 0.1) is 5.02 Å². The van der Waals surface area contributed by atoms with Crippen LogP contribution in [0.15, 0.2) is 18.2 Å². The molecule has 0 saturated carbocycles. The van der Waals surface area contributed by atoms with Crippen LogP contribution in [0, 0.1) is 0 Å². The topological polar surface area (TPSA) is 68.2 Å². The third-order valence-corrected chi connectivity index (χ3v) is 3.16. The highest BCUT2D eigenvalue weighted by atomic mass is 35.5. The number of rotatable bonds is 4. The van der Waals surface area contributed by atoms with Crippen LogP contribution in [0.4, 0.5) is 0 Å². The largest absolute Gasteiger partial charge is 0.489 e. The molecule has 18 heavy (non-hydrogen) atoms. The Morgan fingerprint density at radius 1 is 1.39 bits per heavy atom. The maximum atomic E-state index is 9.61. The van der Waals surface area contributed by atoms with E-state index >= 15 is 0 Å². The zero-order chi connectivity index (χ0) is 13.3. The van der Waals surface area contributed by atoms with Gasteiger partial charge in [0.1, 0.15) is 17.4 Å². The second-order valence-electron chi connectivity index (χ2n) is 3.46. The summed E-state index contributed by atoms with van der Waals surface area (Å²) in [5.41, 5.74) is 0. The first-order chi connectivity index (χ1) is 8.42. The van der Waals surface area contributed by atoms with Crippen molar-refractivity contribution in [3.05, 3.63) is 28.2 Å². The van der Waals surface area contributed by atoms with Crippen LogP contribution < -0.4 is 4.74 Å². The molecule has 1 aliphatic rings. The van der Waals surface area contributed by atoms with Crippen molar-refractivity contribution in [2.45, 2.75) is 12.1 Å². The van der Waals surface area contributed by atoms with Crippen molar-refractivity contribution in [3.63, 3.8) is 0 Å². The lowest BCUT2D eigenvalue weighted by Crippen LogP contribution is -2.59. The van der Waals surface area contributed by atoms with Crippen molar-refractivity contribution in [2.75, 3.05) is 6.61 Å². The minimum absolute atomic E-state index is 0.212. The Kier molecular flexibility index (Phi) is 3.84. The average Bonchev–Trinajstić information content (AvgIpc) is 2.29. The van der Waals surface area contributed by atoms with Gasteiger partial charge in [-0.3, -0.25) is 0 Å². The first-order valence-corrected chi connectivity index (χ1v) is 5.98. The second kappa shape index (κ2) is 5.07. The maximum absolute atomic E-state index is 9.61. The highest BCUT2D eigenvalue weighted by molar-refractivity contribution is 7.79. The molecule has 1 saturated heterocycles. The van der Waals surface area contributed by atoms with Crippen LogP contribution in [-0.2, 0) is 9.47 Å². The molecule has 0 amide bonds. The summed E-state index contributed by atoms with van der Waals surface area (Å²) in [6.45, 7) is -0.306. The SMILES string of the molecule is OC(COc1cccc(Cl)c1Cl)C1(O)OC(=S)O1. The van der Waals surface area contributed by atoms with Gasteiger partial charge in [0.25, 0.3) is 0 Å². The number of aliphatic hydroxyl groups excluding tert-OH is 1. The highest BCUT2D eigenvalue weighted by Gasteiger charge is 2.52. The number of halogens is 2. The van der Waals surface area contributed by atoms with E-state index in [-0.39, 0.29) is 22.6 Å².